The number of hydrogen-bond donors (Lipinski definition) is 0. The highest BCUT2D eigenvalue weighted by molar-refractivity contribution is 4.92. The van der Waals surface area contributed by atoms with Gasteiger partial charge in [0.05, 0.1) is 19.3 Å². The highest BCUT2D eigenvalue weighted by atomic mass is 16.5. The Bertz CT molecular complexity index is 433. The zero-order valence-corrected chi connectivity index (χ0v) is 23.7. The first-order chi connectivity index (χ1) is 16.7. The van der Waals surface area contributed by atoms with Crippen molar-refractivity contribution in [2.45, 2.75) is 135 Å². The summed E-state index contributed by atoms with van der Waals surface area (Å²) in [6.45, 7) is 7.87. The van der Waals surface area contributed by atoms with Gasteiger partial charge >= 0.3 is 0 Å². The van der Waals surface area contributed by atoms with Gasteiger partial charge in [-0.2, -0.15) is 0 Å². The van der Waals surface area contributed by atoms with Gasteiger partial charge in [-0.05, 0) is 59.0 Å². The van der Waals surface area contributed by atoms with Crippen LogP contribution in [0.3, 0.4) is 0 Å². The van der Waals surface area contributed by atoms with Crippen molar-refractivity contribution in [2.24, 2.45) is 0 Å². The highest BCUT2D eigenvalue weighted by Gasteiger charge is 2.11. The Morgan fingerprint density at radius 3 is 1.44 bits per heavy atom. The molecule has 0 saturated carbocycles. The molecule has 0 N–H and O–H groups in total. The molecule has 1 atom stereocenters. The van der Waals surface area contributed by atoms with Gasteiger partial charge in [-0.15, -0.1) is 0 Å². The zero-order chi connectivity index (χ0) is 25.0. The van der Waals surface area contributed by atoms with Crippen molar-refractivity contribution in [3.8, 4) is 0 Å². The maximum atomic E-state index is 5.96. The van der Waals surface area contributed by atoms with E-state index in [9.17, 15) is 0 Å². The van der Waals surface area contributed by atoms with Gasteiger partial charge in [0.25, 0.3) is 0 Å². The number of rotatable bonds is 27. The third-order valence-corrected chi connectivity index (χ3v) is 6.48. The quantitative estimate of drug-likeness (QED) is 0.0865. The first-order valence-electron chi connectivity index (χ1n) is 14.8. The van der Waals surface area contributed by atoms with Gasteiger partial charge < -0.3 is 14.4 Å². The summed E-state index contributed by atoms with van der Waals surface area (Å²) in [4.78, 5) is 2.24. The molecule has 0 bridgehead atoms. The van der Waals surface area contributed by atoms with Gasteiger partial charge in [-0.25, -0.2) is 0 Å². The largest absolute Gasteiger partial charge is 0.380 e. The Morgan fingerprint density at radius 2 is 0.941 bits per heavy atom. The van der Waals surface area contributed by atoms with E-state index < -0.39 is 0 Å². The second-order valence-corrected chi connectivity index (χ2v) is 10.1. The number of hydrogen-bond acceptors (Lipinski definition) is 3. The highest BCUT2D eigenvalue weighted by Crippen LogP contribution is 2.09. The van der Waals surface area contributed by atoms with Crippen molar-refractivity contribution in [3.05, 3.63) is 24.3 Å². The van der Waals surface area contributed by atoms with Crippen LogP contribution in [0.15, 0.2) is 24.3 Å². The van der Waals surface area contributed by atoms with E-state index in [1.165, 1.54) is 109 Å². The lowest BCUT2D eigenvalue weighted by molar-refractivity contribution is 0.0197. The fourth-order valence-electron chi connectivity index (χ4n) is 3.96. The van der Waals surface area contributed by atoms with Gasteiger partial charge in [-0.1, -0.05) is 109 Å². The minimum Gasteiger partial charge on any atom is -0.380 e. The Balaban J connectivity index is 3.44. The molecular formula is C31H61NO2. The van der Waals surface area contributed by atoms with E-state index >= 15 is 0 Å². The summed E-state index contributed by atoms with van der Waals surface area (Å²) in [5.74, 6) is 0. The Labute approximate surface area is 214 Å². The molecule has 3 heteroatoms. The summed E-state index contributed by atoms with van der Waals surface area (Å²) in [5.41, 5.74) is 0. The number of likely N-dealkylation sites (N-methyl/N-ethyl adjacent to an activating group) is 1. The summed E-state index contributed by atoms with van der Waals surface area (Å²) in [7, 11) is 4.26. The monoisotopic (exact) mass is 479 g/mol. The second kappa shape index (κ2) is 28.6. The Morgan fingerprint density at radius 1 is 0.529 bits per heavy atom. The van der Waals surface area contributed by atoms with Crippen molar-refractivity contribution in [1.82, 2.24) is 4.90 Å². The third kappa shape index (κ3) is 26.0. The summed E-state index contributed by atoms with van der Waals surface area (Å²) in [5, 5.41) is 0. The molecule has 0 amide bonds. The van der Waals surface area contributed by atoms with E-state index in [2.05, 4.69) is 57.1 Å². The normalized spacial score (nSPS) is 13.1. The van der Waals surface area contributed by atoms with Crippen molar-refractivity contribution in [3.63, 3.8) is 0 Å². The van der Waals surface area contributed by atoms with Gasteiger partial charge in [0, 0.05) is 13.2 Å². The molecule has 0 aliphatic rings. The summed E-state index contributed by atoms with van der Waals surface area (Å²) in [6.07, 6.45) is 32.7. The smallest absolute Gasteiger partial charge is 0.0644 e. The number of allylic oxidation sites excluding steroid dienone is 4. The Hall–Kier alpha value is -0.640. The predicted molar refractivity (Wildman–Crippen MR) is 152 cm³/mol. The van der Waals surface area contributed by atoms with Gasteiger partial charge in [0.1, 0.15) is 0 Å². The number of ether oxygens (including phenoxy) is 2. The van der Waals surface area contributed by atoms with Crippen molar-refractivity contribution < 1.29 is 9.47 Å². The molecule has 34 heavy (non-hydrogen) atoms. The zero-order valence-electron chi connectivity index (χ0n) is 23.7. The average Bonchev–Trinajstić information content (AvgIpc) is 2.83. The van der Waals surface area contributed by atoms with Crippen LogP contribution in [0.2, 0.25) is 0 Å². The average molecular weight is 480 g/mol. The van der Waals surface area contributed by atoms with Crippen molar-refractivity contribution >= 4 is 0 Å². The van der Waals surface area contributed by atoms with E-state index in [1.54, 1.807) is 0 Å². The van der Waals surface area contributed by atoms with Crippen LogP contribution in [-0.2, 0) is 9.47 Å². The molecule has 0 spiro atoms. The van der Waals surface area contributed by atoms with Crippen LogP contribution < -0.4 is 0 Å². The summed E-state index contributed by atoms with van der Waals surface area (Å²) in [6, 6.07) is 0.365. The summed E-state index contributed by atoms with van der Waals surface area (Å²) < 4.78 is 11.9. The first kappa shape index (κ1) is 33.4. The van der Waals surface area contributed by atoms with Crippen LogP contribution in [0.25, 0.3) is 0 Å². The number of unbranched alkanes of at least 4 members (excludes halogenated alkanes) is 14. The molecule has 0 aliphatic heterocycles. The maximum absolute atomic E-state index is 5.96. The molecule has 3 nitrogen and oxygen atoms in total. The fraction of sp³-hybridized carbons (Fsp3) is 0.871. The lowest BCUT2D eigenvalue weighted by atomic mass is 10.1. The van der Waals surface area contributed by atoms with Crippen LogP contribution in [-0.4, -0.2) is 51.5 Å². The molecule has 0 aromatic carbocycles. The number of nitrogens with zero attached hydrogens (tertiary/aromatic N) is 1. The van der Waals surface area contributed by atoms with E-state index in [0.29, 0.717) is 6.04 Å². The summed E-state index contributed by atoms with van der Waals surface area (Å²) >= 11 is 0. The molecular weight excluding hydrogens is 418 g/mol. The standard InChI is InChI=1S/C31H61NO2/c1-5-7-9-11-13-14-15-16-17-18-19-20-21-22-24-26-28-34-30-31(32(3)4)29-33-27-25-23-12-10-8-6-2/h13-14,16-17,31H,5-12,15,18-30H2,1-4H3/b14-13-,17-16-. The van der Waals surface area contributed by atoms with Crippen LogP contribution in [0.5, 0.6) is 0 Å². The molecule has 0 aromatic heterocycles. The van der Waals surface area contributed by atoms with Crippen molar-refractivity contribution in [1.29, 1.82) is 0 Å². The SMILES string of the molecule is CCCCC/C=C\C/C=C\CCCCCCCCOCC(COCCCCCCCC)N(C)C. The molecule has 0 saturated heterocycles. The Kier molecular flexibility index (Phi) is 28.1. The van der Waals surface area contributed by atoms with Crippen LogP contribution in [0.1, 0.15) is 129 Å². The molecule has 0 radical (unpaired) electrons. The molecule has 0 rings (SSSR count). The maximum Gasteiger partial charge on any atom is 0.0644 e. The van der Waals surface area contributed by atoms with Gasteiger partial charge in [0.15, 0.2) is 0 Å². The second-order valence-electron chi connectivity index (χ2n) is 10.1. The van der Waals surface area contributed by atoms with Crippen LogP contribution in [0.4, 0.5) is 0 Å². The topological polar surface area (TPSA) is 21.7 Å². The van der Waals surface area contributed by atoms with Gasteiger partial charge in [0.2, 0.25) is 0 Å². The minimum atomic E-state index is 0.365. The molecule has 0 heterocycles. The molecule has 0 aliphatic carbocycles. The van der Waals surface area contributed by atoms with E-state index in [4.69, 9.17) is 9.47 Å². The predicted octanol–water partition coefficient (Wildman–Crippen LogP) is 9.12. The lowest BCUT2D eigenvalue weighted by Crippen LogP contribution is -2.37. The molecule has 0 fully saturated rings. The minimum absolute atomic E-state index is 0.365. The molecule has 1 unspecified atom stereocenters. The van der Waals surface area contributed by atoms with Crippen molar-refractivity contribution in [2.75, 3.05) is 40.5 Å². The van der Waals surface area contributed by atoms with Crippen LogP contribution >= 0.6 is 0 Å². The van der Waals surface area contributed by atoms with E-state index in [1.807, 2.05) is 0 Å². The van der Waals surface area contributed by atoms with Gasteiger partial charge in [-0.3, -0.25) is 0 Å². The first-order valence-corrected chi connectivity index (χ1v) is 14.8. The third-order valence-electron chi connectivity index (χ3n) is 6.48. The fourth-order valence-corrected chi connectivity index (χ4v) is 3.96. The molecule has 202 valence electrons. The van der Waals surface area contributed by atoms with Crippen LogP contribution in [0, 0.1) is 0 Å². The lowest BCUT2D eigenvalue weighted by Gasteiger charge is -2.24. The molecule has 0 aromatic rings. The van der Waals surface area contributed by atoms with E-state index in [-0.39, 0.29) is 0 Å². The van der Waals surface area contributed by atoms with E-state index in [0.717, 1.165) is 32.8 Å².